The van der Waals surface area contributed by atoms with Gasteiger partial charge in [0.2, 0.25) is 0 Å². The summed E-state index contributed by atoms with van der Waals surface area (Å²) in [6, 6.07) is 15.8. The average molecular weight is 349 g/mol. The molecule has 3 rings (SSSR count). The lowest BCUT2D eigenvalue weighted by molar-refractivity contribution is 0.0942. The Balaban J connectivity index is 1.62. The number of nitrogens with two attached hydrogens (primary N) is 1. The van der Waals surface area contributed by atoms with Gasteiger partial charge in [0.25, 0.3) is 5.91 Å². The maximum Gasteiger partial charge on any atom is 0.268 e. The zero-order chi connectivity index (χ0) is 17.5. The Labute approximate surface area is 151 Å². The van der Waals surface area contributed by atoms with E-state index >= 15 is 0 Å². The average Bonchev–Trinajstić information content (AvgIpc) is 3.28. The molecule has 0 bridgehead atoms. The van der Waals surface area contributed by atoms with Gasteiger partial charge >= 0.3 is 0 Å². The van der Waals surface area contributed by atoms with Crippen LogP contribution in [0.3, 0.4) is 0 Å². The third-order valence-corrected chi connectivity index (χ3v) is 4.61. The fourth-order valence-electron chi connectivity index (χ4n) is 2.49. The number of amides is 1. The SMILES string of the molecule is NCC#Cc1csc(CNC(=O)c2cccn2Cc2ccccc2)c1. The molecular formula is C20H19N3OS. The summed E-state index contributed by atoms with van der Waals surface area (Å²) in [6.45, 7) is 1.51. The van der Waals surface area contributed by atoms with Gasteiger partial charge < -0.3 is 15.6 Å². The van der Waals surface area contributed by atoms with Crippen molar-refractivity contribution >= 4 is 17.2 Å². The number of thiophene rings is 1. The molecule has 126 valence electrons. The molecule has 2 aromatic heterocycles. The van der Waals surface area contributed by atoms with Crippen molar-refractivity contribution in [2.24, 2.45) is 5.73 Å². The van der Waals surface area contributed by atoms with Gasteiger partial charge in [-0.05, 0) is 23.8 Å². The van der Waals surface area contributed by atoms with E-state index in [1.807, 2.05) is 52.5 Å². The molecule has 0 aliphatic heterocycles. The molecule has 0 unspecified atom stereocenters. The molecule has 0 spiro atoms. The smallest absolute Gasteiger partial charge is 0.268 e. The summed E-state index contributed by atoms with van der Waals surface area (Å²) in [5.74, 6) is 5.74. The van der Waals surface area contributed by atoms with E-state index in [9.17, 15) is 4.79 Å². The second-order valence-corrected chi connectivity index (χ2v) is 6.49. The molecule has 5 heteroatoms. The summed E-state index contributed by atoms with van der Waals surface area (Å²) in [7, 11) is 0. The van der Waals surface area contributed by atoms with E-state index in [1.165, 1.54) is 0 Å². The molecule has 1 amide bonds. The molecule has 25 heavy (non-hydrogen) atoms. The van der Waals surface area contributed by atoms with Crippen LogP contribution < -0.4 is 11.1 Å². The largest absolute Gasteiger partial charge is 0.346 e. The second kappa shape index (κ2) is 8.34. The molecule has 1 aromatic carbocycles. The van der Waals surface area contributed by atoms with Crippen LogP contribution in [0.25, 0.3) is 0 Å². The zero-order valence-electron chi connectivity index (χ0n) is 13.7. The third kappa shape index (κ3) is 4.60. The number of carbonyl (C=O) groups is 1. The molecule has 0 saturated heterocycles. The molecule has 4 nitrogen and oxygen atoms in total. The molecule has 2 heterocycles. The summed E-state index contributed by atoms with van der Waals surface area (Å²) < 4.78 is 1.96. The Hall–Kier alpha value is -2.81. The number of rotatable bonds is 5. The Morgan fingerprint density at radius 1 is 1.20 bits per heavy atom. The number of hydrogen-bond acceptors (Lipinski definition) is 3. The van der Waals surface area contributed by atoms with Crippen LogP contribution in [0, 0.1) is 11.8 Å². The Morgan fingerprint density at radius 3 is 2.84 bits per heavy atom. The van der Waals surface area contributed by atoms with Crippen molar-refractivity contribution in [3.63, 3.8) is 0 Å². The minimum atomic E-state index is -0.0797. The van der Waals surface area contributed by atoms with E-state index in [0.29, 0.717) is 25.3 Å². The summed E-state index contributed by atoms with van der Waals surface area (Å²) in [4.78, 5) is 13.6. The van der Waals surface area contributed by atoms with Gasteiger partial charge in [0.1, 0.15) is 5.69 Å². The lowest BCUT2D eigenvalue weighted by Crippen LogP contribution is -2.25. The number of hydrogen-bond donors (Lipinski definition) is 2. The van der Waals surface area contributed by atoms with Crippen LogP contribution in [0.15, 0.2) is 60.1 Å². The van der Waals surface area contributed by atoms with E-state index in [-0.39, 0.29) is 5.91 Å². The number of aromatic nitrogens is 1. The molecular weight excluding hydrogens is 330 g/mol. The quantitative estimate of drug-likeness (QED) is 0.696. The maximum atomic E-state index is 12.5. The van der Waals surface area contributed by atoms with Crippen LogP contribution in [-0.2, 0) is 13.1 Å². The van der Waals surface area contributed by atoms with Crippen molar-refractivity contribution in [3.05, 3.63) is 81.8 Å². The highest BCUT2D eigenvalue weighted by Gasteiger charge is 2.11. The van der Waals surface area contributed by atoms with Crippen molar-refractivity contribution in [3.8, 4) is 11.8 Å². The Kier molecular flexibility index (Phi) is 5.68. The van der Waals surface area contributed by atoms with Crippen LogP contribution in [0.2, 0.25) is 0 Å². The third-order valence-electron chi connectivity index (χ3n) is 3.67. The van der Waals surface area contributed by atoms with Gasteiger partial charge in [-0.2, -0.15) is 0 Å². The van der Waals surface area contributed by atoms with Crippen LogP contribution in [0.1, 0.15) is 26.5 Å². The number of nitrogens with one attached hydrogen (secondary N) is 1. The van der Waals surface area contributed by atoms with E-state index in [0.717, 1.165) is 16.0 Å². The lowest BCUT2D eigenvalue weighted by Gasteiger charge is -2.09. The van der Waals surface area contributed by atoms with Gasteiger partial charge in [0, 0.05) is 28.6 Å². The zero-order valence-corrected chi connectivity index (χ0v) is 14.6. The monoisotopic (exact) mass is 349 g/mol. The van der Waals surface area contributed by atoms with Gasteiger partial charge in [0.05, 0.1) is 13.1 Å². The van der Waals surface area contributed by atoms with Gasteiger partial charge in [-0.3, -0.25) is 4.79 Å². The highest BCUT2D eigenvalue weighted by Crippen LogP contribution is 2.14. The molecule has 0 fully saturated rings. The first-order valence-electron chi connectivity index (χ1n) is 8.00. The van der Waals surface area contributed by atoms with Crippen molar-refractivity contribution in [2.45, 2.75) is 13.1 Å². The molecule has 0 radical (unpaired) electrons. The van der Waals surface area contributed by atoms with Crippen LogP contribution in [-0.4, -0.2) is 17.0 Å². The number of benzene rings is 1. The highest BCUT2D eigenvalue weighted by molar-refractivity contribution is 7.10. The van der Waals surface area contributed by atoms with Gasteiger partial charge in [0.15, 0.2) is 0 Å². The minimum Gasteiger partial charge on any atom is -0.346 e. The molecule has 3 N–H and O–H groups in total. The fraction of sp³-hybridized carbons (Fsp3) is 0.150. The van der Waals surface area contributed by atoms with Gasteiger partial charge in [-0.1, -0.05) is 42.2 Å². The van der Waals surface area contributed by atoms with E-state index in [4.69, 9.17) is 5.73 Å². The van der Waals surface area contributed by atoms with Crippen LogP contribution in [0.5, 0.6) is 0 Å². The predicted molar refractivity (Wildman–Crippen MR) is 101 cm³/mol. The maximum absolute atomic E-state index is 12.5. The normalized spacial score (nSPS) is 10.1. The second-order valence-electron chi connectivity index (χ2n) is 5.50. The van der Waals surface area contributed by atoms with Gasteiger partial charge in [-0.15, -0.1) is 11.3 Å². The molecule has 0 saturated carbocycles. The predicted octanol–water partition coefficient (Wildman–Crippen LogP) is 2.84. The summed E-state index contributed by atoms with van der Waals surface area (Å²) in [5, 5.41) is 4.95. The van der Waals surface area contributed by atoms with Gasteiger partial charge in [-0.25, -0.2) is 0 Å². The molecule has 0 atom stereocenters. The molecule has 0 aliphatic carbocycles. The minimum absolute atomic E-state index is 0.0797. The Bertz CT molecular complexity index is 900. The first kappa shape index (κ1) is 17.0. The fourth-order valence-corrected chi connectivity index (χ4v) is 3.24. The molecule has 0 aliphatic rings. The highest BCUT2D eigenvalue weighted by atomic mass is 32.1. The standard InChI is InChI=1S/C20H19N3OS/c21-10-4-8-17-12-18(25-15-17)13-22-20(24)19-9-5-11-23(19)14-16-6-2-1-3-7-16/h1-3,5-7,9,11-12,15H,10,13-14,21H2,(H,22,24). The van der Waals surface area contributed by atoms with Crippen molar-refractivity contribution in [1.82, 2.24) is 9.88 Å². The lowest BCUT2D eigenvalue weighted by atomic mass is 10.2. The first-order chi connectivity index (χ1) is 12.3. The summed E-state index contributed by atoms with van der Waals surface area (Å²) in [6.07, 6.45) is 1.92. The molecule has 3 aromatic rings. The Morgan fingerprint density at radius 2 is 2.04 bits per heavy atom. The van der Waals surface area contributed by atoms with Crippen molar-refractivity contribution in [2.75, 3.05) is 6.54 Å². The van der Waals surface area contributed by atoms with Crippen molar-refractivity contribution < 1.29 is 4.79 Å². The van der Waals surface area contributed by atoms with Crippen LogP contribution in [0.4, 0.5) is 0 Å². The number of nitrogens with zero attached hydrogens (tertiary/aromatic N) is 1. The van der Waals surface area contributed by atoms with Crippen LogP contribution >= 0.6 is 11.3 Å². The van der Waals surface area contributed by atoms with E-state index in [1.54, 1.807) is 11.3 Å². The number of carbonyl (C=O) groups excluding carboxylic acids is 1. The summed E-state index contributed by atoms with van der Waals surface area (Å²) in [5.41, 5.74) is 8.13. The summed E-state index contributed by atoms with van der Waals surface area (Å²) >= 11 is 1.58. The van der Waals surface area contributed by atoms with E-state index in [2.05, 4.69) is 29.3 Å². The van der Waals surface area contributed by atoms with Crippen molar-refractivity contribution in [1.29, 1.82) is 0 Å². The first-order valence-corrected chi connectivity index (χ1v) is 8.88. The topological polar surface area (TPSA) is 60.0 Å². The van der Waals surface area contributed by atoms with E-state index < -0.39 is 0 Å².